The molecule has 0 aliphatic carbocycles. The molecule has 0 spiro atoms. The molecule has 0 fully saturated rings. The molecular weight excluding hydrogens is 450 g/mol. The summed E-state index contributed by atoms with van der Waals surface area (Å²) in [5, 5.41) is 0.210. The average molecular weight is 492 g/mol. The summed E-state index contributed by atoms with van der Waals surface area (Å²) in [6.45, 7) is 26.8. The van der Waals surface area contributed by atoms with E-state index in [0.29, 0.717) is 11.6 Å². The molecule has 1 aromatic heterocycles. The van der Waals surface area contributed by atoms with Crippen LogP contribution in [0.2, 0.25) is 5.28 Å². The van der Waals surface area contributed by atoms with E-state index in [1.54, 1.807) is 0 Å². The first-order valence-corrected chi connectivity index (χ1v) is 12.9. The van der Waals surface area contributed by atoms with Crippen LogP contribution in [0.25, 0.3) is 22.8 Å². The Bertz CT molecular complexity index is 1070. The molecule has 0 unspecified atom stereocenters. The van der Waals surface area contributed by atoms with Crippen molar-refractivity contribution >= 4 is 11.6 Å². The maximum absolute atomic E-state index is 6.51. The minimum absolute atomic E-state index is 0.00167. The first-order valence-electron chi connectivity index (χ1n) is 12.5. The van der Waals surface area contributed by atoms with Crippen LogP contribution in [0.15, 0.2) is 36.4 Å². The summed E-state index contributed by atoms with van der Waals surface area (Å²) >= 11 is 6.51. The third-order valence-electron chi connectivity index (χ3n) is 6.45. The molecule has 0 radical (unpaired) electrons. The van der Waals surface area contributed by atoms with Crippen molar-refractivity contribution in [2.45, 2.75) is 105 Å². The highest BCUT2D eigenvalue weighted by Crippen LogP contribution is 2.36. The van der Waals surface area contributed by atoms with Crippen molar-refractivity contribution < 1.29 is 0 Å². The summed E-state index contributed by atoms with van der Waals surface area (Å²) in [6, 6.07) is 13.4. The Hall–Kier alpha value is -2.26. The van der Waals surface area contributed by atoms with Crippen molar-refractivity contribution in [3.8, 4) is 22.8 Å². The molecule has 0 saturated carbocycles. The summed E-state index contributed by atoms with van der Waals surface area (Å²) in [6.07, 6.45) is 0. The number of hydrogen-bond donors (Lipinski definition) is 0. The van der Waals surface area contributed by atoms with Crippen LogP contribution in [0.3, 0.4) is 0 Å². The molecule has 0 atom stereocenters. The normalized spacial score (nSPS) is 13.3. The third-order valence-corrected chi connectivity index (χ3v) is 6.62. The number of rotatable bonds is 2. The van der Waals surface area contributed by atoms with E-state index in [-0.39, 0.29) is 26.9 Å². The number of halogens is 1. The minimum atomic E-state index is -0.00167. The second-order valence-electron chi connectivity index (χ2n) is 13.8. The Morgan fingerprint density at radius 2 is 0.686 bits per heavy atom. The van der Waals surface area contributed by atoms with Gasteiger partial charge < -0.3 is 0 Å². The molecule has 0 saturated heterocycles. The van der Waals surface area contributed by atoms with Crippen LogP contribution in [0.1, 0.15) is 105 Å². The van der Waals surface area contributed by atoms with Gasteiger partial charge in [0.1, 0.15) is 0 Å². The Labute approximate surface area is 217 Å². The standard InChI is InChI=1S/C31H42ClN3/c1-28(2,3)21-13-19(14-22(17-21)29(4,5)6)25-33-26(35-27(32)34-25)20-15-23(30(7,8)9)18-24(16-20)31(10,11)12/h13-18H,1-12H3. The van der Waals surface area contributed by atoms with E-state index in [1.165, 1.54) is 22.3 Å². The van der Waals surface area contributed by atoms with Gasteiger partial charge in [-0.15, -0.1) is 0 Å². The second kappa shape index (κ2) is 9.00. The predicted octanol–water partition coefficient (Wildman–Crippen LogP) is 9.05. The monoisotopic (exact) mass is 491 g/mol. The SMILES string of the molecule is CC(C)(C)c1cc(-c2nc(Cl)nc(-c3cc(C(C)(C)C)cc(C(C)(C)C)c3)n2)cc(C(C)(C)C)c1. The molecule has 0 aliphatic rings. The quantitative estimate of drug-likeness (QED) is 0.358. The van der Waals surface area contributed by atoms with E-state index in [2.05, 4.69) is 129 Å². The largest absolute Gasteiger partial charge is 0.226 e. The van der Waals surface area contributed by atoms with Crippen molar-refractivity contribution in [1.82, 2.24) is 15.0 Å². The molecule has 3 aromatic rings. The lowest BCUT2D eigenvalue weighted by atomic mass is 9.79. The lowest BCUT2D eigenvalue weighted by molar-refractivity contribution is 0.568. The second-order valence-corrected chi connectivity index (χ2v) is 14.2. The number of benzene rings is 2. The predicted molar refractivity (Wildman–Crippen MR) is 151 cm³/mol. The van der Waals surface area contributed by atoms with Gasteiger partial charge in [-0.2, -0.15) is 9.97 Å². The maximum atomic E-state index is 6.51. The topological polar surface area (TPSA) is 38.7 Å². The van der Waals surface area contributed by atoms with Crippen LogP contribution >= 0.6 is 11.6 Å². The zero-order valence-corrected chi connectivity index (χ0v) is 24.4. The van der Waals surface area contributed by atoms with Crippen molar-refractivity contribution in [3.63, 3.8) is 0 Å². The zero-order chi connectivity index (χ0) is 26.6. The van der Waals surface area contributed by atoms with Gasteiger partial charge >= 0.3 is 0 Å². The van der Waals surface area contributed by atoms with Crippen molar-refractivity contribution in [3.05, 3.63) is 63.9 Å². The van der Waals surface area contributed by atoms with Gasteiger partial charge in [-0.25, -0.2) is 4.98 Å². The highest BCUT2D eigenvalue weighted by atomic mass is 35.5. The van der Waals surface area contributed by atoms with Crippen LogP contribution in [-0.2, 0) is 21.7 Å². The molecule has 0 N–H and O–H groups in total. The van der Waals surface area contributed by atoms with E-state index in [4.69, 9.17) is 16.6 Å². The minimum Gasteiger partial charge on any atom is -0.208 e. The van der Waals surface area contributed by atoms with Crippen LogP contribution in [0, 0.1) is 0 Å². The molecule has 1 heterocycles. The van der Waals surface area contributed by atoms with Crippen LogP contribution in [-0.4, -0.2) is 15.0 Å². The Kier molecular flexibility index (Phi) is 7.02. The summed E-state index contributed by atoms with van der Waals surface area (Å²) < 4.78 is 0. The highest BCUT2D eigenvalue weighted by Gasteiger charge is 2.24. The van der Waals surface area contributed by atoms with E-state index in [0.717, 1.165) is 11.1 Å². The Balaban J connectivity index is 2.27. The summed E-state index contributed by atoms with van der Waals surface area (Å²) in [4.78, 5) is 14.1. The van der Waals surface area contributed by atoms with E-state index >= 15 is 0 Å². The lowest BCUT2D eigenvalue weighted by Crippen LogP contribution is -2.17. The fourth-order valence-electron chi connectivity index (χ4n) is 3.85. The first-order chi connectivity index (χ1) is 15.7. The van der Waals surface area contributed by atoms with Crippen LogP contribution in [0.4, 0.5) is 0 Å². The summed E-state index contributed by atoms with van der Waals surface area (Å²) in [5.41, 5.74) is 6.94. The molecule has 0 aliphatic heterocycles. The van der Waals surface area contributed by atoms with Crippen molar-refractivity contribution in [2.75, 3.05) is 0 Å². The third kappa shape index (κ3) is 6.50. The van der Waals surface area contributed by atoms with Gasteiger partial charge in [0, 0.05) is 11.1 Å². The van der Waals surface area contributed by atoms with Crippen molar-refractivity contribution in [2.24, 2.45) is 0 Å². The van der Waals surface area contributed by atoms with Gasteiger partial charge in [-0.1, -0.05) is 95.2 Å². The average Bonchev–Trinajstić information content (AvgIpc) is 2.70. The van der Waals surface area contributed by atoms with Crippen molar-refractivity contribution in [1.29, 1.82) is 0 Å². The molecule has 4 heteroatoms. The number of nitrogens with zero attached hydrogens (tertiary/aromatic N) is 3. The Morgan fingerprint density at radius 1 is 0.429 bits per heavy atom. The smallest absolute Gasteiger partial charge is 0.208 e. The van der Waals surface area contributed by atoms with Gasteiger partial charge in [0.25, 0.3) is 0 Å². The molecule has 35 heavy (non-hydrogen) atoms. The van der Waals surface area contributed by atoms with E-state index in [9.17, 15) is 0 Å². The molecular formula is C31H42ClN3. The van der Waals surface area contributed by atoms with Crippen LogP contribution in [0.5, 0.6) is 0 Å². The van der Waals surface area contributed by atoms with Crippen LogP contribution < -0.4 is 0 Å². The summed E-state index contributed by atoms with van der Waals surface area (Å²) in [7, 11) is 0. The van der Waals surface area contributed by atoms with Gasteiger partial charge in [0.05, 0.1) is 0 Å². The van der Waals surface area contributed by atoms with Gasteiger partial charge in [0.15, 0.2) is 11.6 Å². The summed E-state index contributed by atoms with van der Waals surface area (Å²) in [5.74, 6) is 1.21. The number of aromatic nitrogens is 3. The molecule has 3 rings (SSSR count). The van der Waals surface area contributed by atoms with E-state index < -0.39 is 0 Å². The molecule has 188 valence electrons. The molecule has 2 aromatic carbocycles. The molecule has 0 amide bonds. The fraction of sp³-hybridized carbons (Fsp3) is 0.516. The lowest BCUT2D eigenvalue weighted by Gasteiger charge is -2.26. The Morgan fingerprint density at radius 3 is 0.914 bits per heavy atom. The highest BCUT2D eigenvalue weighted by molar-refractivity contribution is 6.28. The molecule has 3 nitrogen and oxygen atoms in total. The molecule has 0 bridgehead atoms. The maximum Gasteiger partial charge on any atom is 0.226 e. The zero-order valence-electron chi connectivity index (χ0n) is 23.7. The number of hydrogen-bond acceptors (Lipinski definition) is 3. The first kappa shape index (κ1) is 27.3. The fourth-order valence-corrected chi connectivity index (χ4v) is 4.01. The van der Waals surface area contributed by atoms with Gasteiger partial charge in [0.2, 0.25) is 5.28 Å². The van der Waals surface area contributed by atoms with Gasteiger partial charge in [-0.3, -0.25) is 0 Å². The van der Waals surface area contributed by atoms with E-state index in [1.807, 2.05) is 0 Å². The van der Waals surface area contributed by atoms with Gasteiger partial charge in [-0.05, 0) is 79.8 Å².